The molecular weight excluding hydrogens is 208 g/mol. The fraction of sp³-hybridized carbons (Fsp3) is 0.500. The van der Waals surface area contributed by atoms with E-state index in [0.717, 1.165) is 5.69 Å². The molecule has 0 heterocycles. The van der Waals surface area contributed by atoms with E-state index in [1.54, 1.807) is 6.07 Å². The minimum atomic E-state index is 0.208. The Morgan fingerprint density at radius 1 is 1.33 bits per heavy atom. The number of hydrogen-bond acceptors (Lipinski definition) is 2. The molecule has 1 aliphatic carbocycles. The topological polar surface area (TPSA) is 38.0 Å². The summed E-state index contributed by atoms with van der Waals surface area (Å²) < 4.78 is 0. The van der Waals surface area contributed by atoms with Gasteiger partial charge in [0.25, 0.3) is 0 Å². The van der Waals surface area contributed by atoms with E-state index in [1.165, 1.54) is 25.7 Å². The van der Waals surface area contributed by atoms with Gasteiger partial charge >= 0.3 is 0 Å². The zero-order valence-corrected chi connectivity index (χ0v) is 9.77. The van der Waals surface area contributed by atoms with Crippen molar-refractivity contribution in [1.29, 1.82) is 0 Å². The van der Waals surface area contributed by atoms with Gasteiger partial charge in [-0.3, -0.25) is 0 Å². The maximum absolute atomic E-state index is 6.13. The smallest absolute Gasteiger partial charge is 0.0658 e. The molecule has 3 N–H and O–H groups in total. The first-order valence-corrected chi connectivity index (χ1v) is 5.80. The number of hydrogen-bond donors (Lipinski definition) is 2. The largest absolute Gasteiger partial charge is 0.399 e. The summed E-state index contributed by atoms with van der Waals surface area (Å²) in [5.74, 6) is 0. The number of rotatable bonds is 2. The highest BCUT2D eigenvalue weighted by atomic mass is 35.5. The van der Waals surface area contributed by atoms with Crippen LogP contribution in [0.15, 0.2) is 18.2 Å². The van der Waals surface area contributed by atoms with Gasteiger partial charge in [-0.1, -0.05) is 24.4 Å². The third kappa shape index (κ3) is 2.37. The molecule has 0 radical (unpaired) electrons. The molecule has 0 aliphatic heterocycles. The second kappa shape index (κ2) is 3.93. The Hall–Kier alpha value is -0.890. The second-order valence-corrected chi connectivity index (χ2v) is 5.04. The van der Waals surface area contributed by atoms with Crippen molar-refractivity contribution in [3.63, 3.8) is 0 Å². The summed E-state index contributed by atoms with van der Waals surface area (Å²) in [6.07, 6.45) is 5.04. The Labute approximate surface area is 95.8 Å². The first kappa shape index (κ1) is 10.6. The first-order chi connectivity index (χ1) is 7.09. The molecule has 1 aromatic carbocycles. The summed E-state index contributed by atoms with van der Waals surface area (Å²) in [4.78, 5) is 0. The molecule has 2 nitrogen and oxygen atoms in total. The molecule has 0 spiro atoms. The van der Waals surface area contributed by atoms with E-state index < -0.39 is 0 Å². The van der Waals surface area contributed by atoms with Crippen molar-refractivity contribution in [3.05, 3.63) is 23.2 Å². The van der Waals surface area contributed by atoms with E-state index in [0.29, 0.717) is 10.7 Å². The van der Waals surface area contributed by atoms with Gasteiger partial charge in [0.15, 0.2) is 0 Å². The number of nitrogen functional groups attached to an aromatic ring is 1. The van der Waals surface area contributed by atoms with Crippen LogP contribution in [0.4, 0.5) is 11.4 Å². The number of anilines is 2. The van der Waals surface area contributed by atoms with Gasteiger partial charge < -0.3 is 11.1 Å². The third-order valence-electron chi connectivity index (χ3n) is 3.14. The molecule has 15 heavy (non-hydrogen) atoms. The Kier molecular flexibility index (Phi) is 2.79. The van der Waals surface area contributed by atoms with Crippen LogP contribution < -0.4 is 11.1 Å². The van der Waals surface area contributed by atoms with E-state index in [2.05, 4.69) is 12.2 Å². The summed E-state index contributed by atoms with van der Waals surface area (Å²) in [6, 6.07) is 5.63. The average molecular weight is 225 g/mol. The predicted octanol–water partition coefficient (Wildman–Crippen LogP) is 3.67. The zero-order chi connectivity index (χ0) is 10.9. The second-order valence-electron chi connectivity index (χ2n) is 4.63. The predicted molar refractivity (Wildman–Crippen MR) is 66.4 cm³/mol. The average Bonchev–Trinajstić information content (AvgIpc) is 2.58. The lowest BCUT2D eigenvalue weighted by atomic mass is 10.0. The molecule has 0 unspecified atom stereocenters. The molecule has 1 fully saturated rings. The van der Waals surface area contributed by atoms with Crippen LogP contribution in [-0.4, -0.2) is 5.54 Å². The van der Waals surface area contributed by atoms with Gasteiger partial charge in [0.05, 0.1) is 10.7 Å². The maximum atomic E-state index is 6.13. The normalized spacial score (nSPS) is 19.1. The number of nitrogens with two attached hydrogens (primary N) is 1. The number of benzene rings is 1. The molecular formula is C12H17ClN2. The first-order valence-electron chi connectivity index (χ1n) is 5.42. The van der Waals surface area contributed by atoms with Gasteiger partial charge in [-0.05, 0) is 38.0 Å². The molecule has 2 rings (SSSR count). The highest BCUT2D eigenvalue weighted by Crippen LogP contribution is 2.35. The Morgan fingerprint density at radius 2 is 2.00 bits per heavy atom. The Morgan fingerprint density at radius 3 is 2.60 bits per heavy atom. The fourth-order valence-electron chi connectivity index (χ4n) is 2.24. The van der Waals surface area contributed by atoms with Crippen LogP contribution in [0.5, 0.6) is 0 Å². The quantitative estimate of drug-likeness (QED) is 0.753. The lowest BCUT2D eigenvalue weighted by Crippen LogP contribution is -2.30. The summed E-state index contributed by atoms with van der Waals surface area (Å²) in [5.41, 5.74) is 7.57. The molecule has 1 saturated carbocycles. The SMILES string of the molecule is CC1(Nc2ccc(N)cc2Cl)CCCC1. The van der Waals surface area contributed by atoms with E-state index in [9.17, 15) is 0 Å². The molecule has 0 amide bonds. The van der Waals surface area contributed by atoms with Gasteiger partial charge in [-0.15, -0.1) is 0 Å². The van der Waals surface area contributed by atoms with Crippen molar-refractivity contribution in [2.24, 2.45) is 0 Å². The standard InChI is InChI=1S/C12H17ClN2/c1-12(6-2-3-7-12)15-11-5-4-9(14)8-10(11)13/h4-5,8,15H,2-3,6-7,14H2,1H3. The maximum Gasteiger partial charge on any atom is 0.0658 e. The van der Waals surface area contributed by atoms with Crippen LogP contribution in [0.2, 0.25) is 5.02 Å². The molecule has 3 heteroatoms. The highest BCUT2D eigenvalue weighted by molar-refractivity contribution is 6.33. The molecule has 82 valence electrons. The molecule has 0 atom stereocenters. The minimum absolute atomic E-state index is 0.208. The van der Waals surface area contributed by atoms with Gasteiger partial charge in [0.1, 0.15) is 0 Å². The van der Waals surface area contributed by atoms with Crippen molar-refractivity contribution in [2.75, 3.05) is 11.1 Å². The van der Waals surface area contributed by atoms with Crippen molar-refractivity contribution < 1.29 is 0 Å². The van der Waals surface area contributed by atoms with Gasteiger partial charge in [0, 0.05) is 11.2 Å². The van der Waals surface area contributed by atoms with Crippen LogP contribution in [0.1, 0.15) is 32.6 Å². The van der Waals surface area contributed by atoms with Crippen molar-refractivity contribution in [3.8, 4) is 0 Å². The van der Waals surface area contributed by atoms with Crippen LogP contribution in [0.3, 0.4) is 0 Å². The Bertz CT molecular complexity index is 357. The monoisotopic (exact) mass is 224 g/mol. The van der Waals surface area contributed by atoms with Crippen molar-refractivity contribution in [2.45, 2.75) is 38.1 Å². The van der Waals surface area contributed by atoms with Crippen molar-refractivity contribution >= 4 is 23.0 Å². The minimum Gasteiger partial charge on any atom is -0.399 e. The number of halogens is 1. The lowest BCUT2D eigenvalue weighted by Gasteiger charge is -2.27. The fourth-order valence-corrected chi connectivity index (χ4v) is 2.47. The summed E-state index contributed by atoms with van der Waals surface area (Å²) >= 11 is 6.13. The molecule has 1 aliphatic rings. The van der Waals surface area contributed by atoms with Gasteiger partial charge in [-0.2, -0.15) is 0 Å². The molecule has 0 saturated heterocycles. The van der Waals surface area contributed by atoms with Crippen LogP contribution in [0.25, 0.3) is 0 Å². The van der Waals surface area contributed by atoms with Crippen LogP contribution in [0, 0.1) is 0 Å². The molecule has 0 aromatic heterocycles. The summed E-state index contributed by atoms with van der Waals surface area (Å²) in [6.45, 7) is 2.26. The van der Waals surface area contributed by atoms with E-state index in [-0.39, 0.29) is 5.54 Å². The van der Waals surface area contributed by atoms with Crippen LogP contribution in [-0.2, 0) is 0 Å². The zero-order valence-electron chi connectivity index (χ0n) is 9.02. The third-order valence-corrected chi connectivity index (χ3v) is 3.45. The molecule has 0 bridgehead atoms. The van der Waals surface area contributed by atoms with Gasteiger partial charge in [0.2, 0.25) is 0 Å². The van der Waals surface area contributed by atoms with E-state index >= 15 is 0 Å². The van der Waals surface area contributed by atoms with Crippen molar-refractivity contribution in [1.82, 2.24) is 0 Å². The molecule has 1 aromatic rings. The number of nitrogens with one attached hydrogen (secondary N) is 1. The van der Waals surface area contributed by atoms with Gasteiger partial charge in [-0.25, -0.2) is 0 Å². The highest BCUT2D eigenvalue weighted by Gasteiger charge is 2.28. The van der Waals surface area contributed by atoms with E-state index in [4.69, 9.17) is 17.3 Å². The van der Waals surface area contributed by atoms with E-state index in [1.807, 2.05) is 12.1 Å². The Balaban J connectivity index is 2.16. The summed E-state index contributed by atoms with van der Waals surface area (Å²) in [5, 5.41) is 4.24. The van der Waals surface area contributed by atoms with Crippen LogP contribution >= 0.6 is 11.6 Å². The lowest BCUT2D eigenvalue weighted by molar-refractivity contribution is 0.533. The summed E-state index contributed by atoms with van der Waals surface area (Å²) in [7, 11) is 0.